The Labute approximate surface area is 265 Å². The van der Waals surface area contributed by atoms with E-state index < -0.39 is 17.6 Å². The van der Waals surface area contributed by atoms with Crippen molar-refractivity contribution >= 4 is 57.7 Å². The summed E-state index contributed by atoms with van der Waals surface area (Å²) in [6.07, 6.45) is 3.44. The first-order chi connectivity index (χ1) is 19.9. The van der Waals surface area contributed by atoms with Crippen molar-refractivity contribution in [3.8, 4) is 11.4 Å². The molecule has 11 heteroatoms. The summed E-state index contributed by atoms with van der Waals surface area (Å²) in [5, 5.41) is 12.7. The summed E-state index contributed by atoms with van der Waals surface area (Å²) in [6.45, 7) is 6.04. The smallest absolute Gasteiger partial charge is 0.407 e. The van der Waals surface area contributed by atoms with E-state index in [4.69, 9.17) is 16.3 Å². The van der Waals surface area contributed by atoms with Gasteiger partial charge in [-0.1, -0.05) is 12.1 Å². The van der Waals surface area contributed by atoms with Crippen LogP contribution in [0.3, 0.4) is 0 Å². The summed E-state index contributed by atoms with van der Waals surface area (Å²) in [5.74, 6) is 0.123. The third kappa shape index (κ3) is 9.79. The SMILES string of the molecule is CC(C)(C)OC(=O)NCC1CCC(C(=O)C[C@@H](Cc2ccc(I)cc2)C(=O)Nc2ccc(-c3n[nH]c(Cl)n3)cc2)CC1. The van der Waals surface area contributed by atoms with Gasteiger partial charge in [0.15, 0.2) is 5.82 Å². The minimum atomic E-state index is -0.537. The Kier molecular flexibility index (Phi) is 11.0. The van der Waals surface area contributed by atoms with E-state index in [2.05, 4.69) is 48.4 Å². The average molecular weight is 706 g/mol. The van der Waals surface area contributed by atoms with Gasteiger partial charge >= 0.3 is 6.09 Å². The van der Waals surface area contributed by atoms with Gasteiger partial charge in [0, 0.05) is 39.6 Å². The molecular weight excluding hydrogens is 669 g/mol. The maximum absolute atomic E-state index is 13.5. The molecule has 0 bridgehead atoms. The monoisotopic (exact) mass is 705 g/mol. The zero-order valence-corrected chi connectivity index (χ0v) is 27.0. The summed E-state index contributed by atoms with van der Waals surface area (Å²) in [6, 6.07) is 15.2. The lowest BCUT2D eigenvalue weighted by atomic mass is 9.77. The van der Waals surface area contributed by atoms with Crippen molar-refractivity contribution in [2.45, 2.75) is 64.9 Å². The van der Waals surface area contributed by atoms with Crippen molar-refractivity contribution in [1.29, 1.82) is 0 Å². The third-order valence-electron chi connectivity index (χ3n) is 7.32. The number of aromatic amines is 1. The first-order valence-electron chi connectivity index (χ1n) is 14.2. The molecule has 1 heterocycles. The Morgan fingerprint density at radius 2 is 1.71 bits per heavy atom. The molecule has 3 aromatic rings. The highest BCUT2D eigenvalue weighted by Gasteiger charge is 2.30. The average Bonchev–Trinajstić information content (AvgIpc) is 3.38. The maximum Gasteiger partial charge on any atom is 0.407 e. The molecule has 0 aliphatic heterocycles. The molecule has 0 saturated heterocycles. The third-order valence-corrected chi connectivity index (χ3v) is 8.21. The quantitative estimate of drug-likeness (QED) is 0.199. The van der Waals surface area contributed by atoms with Crippen LogP contribution in [0, 0.1) is 21.3 Å². The number of hydrogen-bond donors (Lipinski definition) is 3. The largest absolute Gasteiger partial charge is 0.444 e. The fourth-order valence-electron chi connectivity index (χ4n) is 5.12. The van der Waals surface area contributed by atoms with Crippen molar-refractivity contribution in [1.82, 2.24) is 20.5 Å². The van der Waals surface area contributed by atoms with Crippen LogP contribution in [0.1, 0.15) is 58.4 Å². The van der Waals surface area contributed by atoms with Crippen LogP contribution in [0.25, 0.3) is 11.4 Å². The first kappa shape index (κ1) is 31.9. The molecule has 9 nitrogen and oxygen atoms in total. The number of nitrogens with one attached hydrogen (secondary N) is 3. The number of carbonyl (C=O) groups excluding carboxylic acids is 3. The van der Waals surface area contributed by atoms with E-state index in [1.165, 1.54) is 0 Å². The number of carbonyl (C=O) groups is 3. The van der Waals surface area contributed by atoms with Crippen LogP contribution in [-0.2, 0) is 20.7 Å². The van der Waals surface area contributed by atoms with E-state index in [1.54, 1.807) is 12.1 Å². The molecule has 1 aliphatic carbocycles. The summed E-state index contributed by atoms with van der Waals surface area (Å²) in [4.78, 5) is 43.1. The Bertz CT molecular complexity index is 1360. The van der Waals surface area contributed by atoms with Crippen molar-refractivity contribution in [2.24, 2.45) is 17.8 Å². The summed E-state index contributed by atoms with van der Waals surface area (Å²) < 4.78 is 6.44. The number of nitrogens with zero attached hydrogens (tertiary/aromatic N) is 2. The molecule has 42 heavy (non-hydrogen) atoms. The number of Topliss-reactive ketones (excluding diaryl/α,β-unsaturated/α-hetero) is 1. The molecule has 0 radical (unpaired) electrons. The molecule has 0 spiro atoms. The van der Waals surface area contributed by atoms with Gasteiger partial charge in [-0.3, -0.25) is 9.59 Å². The van der Waals surface area contributed by atoms with Crippen molar-refractivity contribution in [3.63, 3.8) is 0 Å². The summed E-state index contributed by atoms with van der Waals surface area (Å²) in [7, 11) is 0. The van der Waals surface area contributed by atoms with Gasteiger partial charge in [-0.15, -0.1) is 0 Å². The second-order valence-corrected chi connectivity index (χ2v) is 13.4. The maximum atomic E-state index is 13.5. The highest BCUT2D eigenvalue weighted by atomic mass is 127. The highest BCUT2D eigenvalue weighted by Crippen LogP contribution is 2.31. The molecular formula is C31H37ClIN5O4. The van der Waals surface area contributed by atoms with Crippen LogP contribution >= 0.6 is 34.2 Å². The fourth-order valence-corrected chi connectivity index (χ4v) is 5.60. The molecule has 0 unspecified atom stereocenters. The lowest BCUT2D eigenvalue weighted by Crippen LogP contribution is -2.37. The number of halogens is 2. The number of amides is 2. The minimum absolute atomic E-state index is 0.0812. The zero-order valence-electron chi connectivity index (χ0n) is 24.1. The van der Waals surface area contributed by atoms with Crippen molar-refractivity contribution in [2.75, 3.05) is 11.9 Å². The molecule has 1 atom stereocenters. The van der Waals surface area contributed by atoms with Gasteiger partial charge in [0.2, 0.25) is 11.2 Å². The lowest BCUT2D eigenvalue weighted by molar-refractivity contribution is -0.129. The molecule has 1 saturated carbocycles. The molecule has 1 fully saturated rings. The van der Waals surface area contributed by atoms with Crippen LogP contribution in [0.2, 0.25) is 5.28 Å². The standard InChI is InChI=1S/C31H37ClIN5O4/c1-31(2,3)42-30(41)34-18-20-4-8-21(9-5-20)26(39)17-23(16-19-6-12-24(33)13-7-19)28(40)35-25-14-10-22(11-15-25)27-36-29(32)38-37-27/h6-7,10-15,20-21,23H,4-5,8-9,16-18H2,1-3H3,(H,34,41)(H,35,40)(H,36,37,38)/t20?,21?,23-/m1/s1. The number of ketones is 1. The number of aromatic nitrogens is 3. The van der Waals surface area contributed by atoms with Crippen LogP contribution in [0.15, 0.2) is 48.5 Å². The number of benzene rings is 2. The first-order valence-corrected chi connectivity index (χ1v) is 15.6. The van der Waals surface area contributed by atoms with Gasteiger partial charge in [0.25, 0.3) is 0 Å². The lowest BCUT2D eigenvalue weighted by Gasteiger charge is -2.29. The number of anilines is 1. The second-order valence-electron chi connectivity index (χ2n) is 11.8. The van der Waals surface area contributed by atoms with Gasteiger partial charge in [-0.2, -0.15) is 10.1 Å². The molecule has 4 rings (SSSR count). The summed E-state index contributed by atoms with van der Waals surface area (Å²) >= 11 is 8.09. The molecule has 3 N–H and O–H groups in total. The van der Waals surface area contributed by atoms with Crippen LogP contribution in [0.5, 0.6) is 0 Å². The van der Waals surface area contributed by atoms with Gasteiger partial charge in [-0.05, 0) is 135 Å². The number of ether oxygens (including phenoxy) is 1. The predicted octanol–water partition coefficient (Wildman–Crippen LogP) is 6.82. The molecule has 2 aromatic carbocycles. The van der Waals surface area contributed by atoms with Crippen LogP contribution in [0.4, 0.5) is 10.5 Å². The summed E-state index contributed by atoms with van der Waals surface area (Å²) in [5.41, 5.74) is 1.87. The van der Waals surface area contributed by atoms with E-state index in [9.17, 15) is 14.4 Å². The number of alkyl carbamates (subject to hydrolysis) is 1. The number of rotatable bonds is 10. The molecule has 1 aromatic heterocycles. The Morgan fingerprint density at radius 3 is 2.31 bits per heavy atom. The van der Waals surface area contributed by atoms with Crippen LogP contribution in [-0.4, -0.2) is 45.1 Å². The zero-order chi connectivity index (χ0) is 30.3. The van der Waals surface area contributed by atoms with E-state index in [-0.39, 0.29) is 29.3 Å². The normalized spacial score (nSPS) is 17.7. The number of H-pyrrole nitrogens is 1. The number of hydrogen-bond acceptors (Lipinski definition) is 6. The van der Waals surface area contributed by atoms with Gasteiger partial charge < -0.3 is 15.4 Å². The highest BCUT2D eigenvalue weighted by molar-refractivity contribution is 14.1. The molecule has 1 aliphatic rings. The second kappa shape index (κ2) is 14.5. The Hall–Kier alpha value is -2.99. The van der Waals surface area contributed by atoms with Gasteiger partial charge in [0.05, 0.1) is 0 Å². The van der Waals surface area contributed by atoms with E-state index in [0.29, 0.717) is 30.4 Å². The van der Waals surface area contributed by atoms with Gasteiger partial charge in [0.1, 0.15) is 11.4 Å². The predicted molar refractivity (Wildman–Crippen MR) is 171 cm³/mol. The Balaban J connectivity index is 1.35. The van der Waals surface area contributed by atoms with E-state index >= 15 is 0 Å². The molecule has 224 valence electrons. The minimum Gasteiger partial charge on any atom is -0.444 e. The van der Waals surface area contributed by atoms with Crippen molar-refractivity contribution < 1.29 is 19.1 Å². The van der Waals surface area contributed by atoms with Gasteiger partial charge in [-0.25, -0.2) is 9.89 Å². The Morgan fingerprint density at radius 1 is 1.05 bits per heavy atom. The van der Waals surface area contributed by atoms with E-state index in [0.717, 1.165) is 40.4 Å². The van der Waals surface area contributed by atoms with E-state index in [1.807, 2.05) is 57.2 Å². The van der Waals surface area contributed by atoms with Crippen molar-refractivity contribution in [3.05, 3.63) is 62.9 Å². The topological polar surface area (TPSA) is 126 Å². The fraction of sp³-hybridized carbons (Fsp3) is 0.452. The molecule has 2 amide bonds. The van der Waals surface area contributed by atoms with Crippen LogP contribution < -0.4 is 10.6 Å².